The van der Waals surface area contributed by atoms with E-state index in [0.717, 1.165) is 38.1 Å². The van der Waals surface area contributed by atoms with Crippen molar-refractivity contribution in [3.05, 3.63) is 30.3 Å². The van der Waals surface area contributed by atoms with Gasteiger partial charge in [0, 0.05) is 52.0 Å². The Morgan fingerprint density at radius 3 is 2.48 bits per heavy atom. The van der Waals surface area contributed by atoms with Crippen molar-refractivity contribution >= 4 is 11.6 Å². The van der Waals surface area contributed by atoms with Crippen molar-refractivity contribution in [2.45, 2.75) is 25.7 Å². The smallest absolute Gasteiger partial charge is 0.190 e. The molecule has 1 aromatic rings. The highest BCUT2D eigenvalue weighted by Gasteiger charge is 2.21. The fourth-order valence-electron chi connectivity index (χ4n) is 3.32. The van der Waals surface area contributed by atoms with Crippen LogP contribution in [-0.4, -0.2) is 63.7 Å². The standard InChI is InChI=1S/C20H33N5/c1-21-20(23-17-18-9-10-18)22-11-5-6-12-24-13-15-25(16-14-24)19-7-3-2-4-8-19/h2-4,7-8,18H,5-6,9-17H2,1H3,(H2,21,22,23). The Bertz CT molecular complexity index is 518. The molecule has 5 heteroatoms. The normalized spacial score (nSPS) is 19.1. The van der Waals surface area contributed by atoms with Gasteiger partial charge >= 0.3 is 0 Å². The maximum Gasteiger partial charge on any atom is 0.190 e. The molecule has 1 saturated carbocycles. The number of piperazine rings is 1. The lowest BCUT2D eigenvalue weighted by Gasteiger charge is -2.36. The van der Waals surface area contributed by atoms with E-state index in [1.807, 2.05) is 7.05 Å². The van der Waals surface area contributed by atoms with Crippen LogP contribution in [0.5, 0.6) is 0 Å². The predicted molar refractivity (Wildman–Crippen MR) is 106 cm³/mol. The van der Waals surface area contributed by atoms with Crippen LogP contribution in [0.25, 0.3) is 0 Å². The molecule has 25 heavy (non-hydrogen) atoms. The van der Waals surface area contributed by atoms with Crippen LogP contribution in [0.4, 0.5) is 5.69 Å². The third-order valence-corrected chi connectivity index (χ3v) is 5.17. The molecular weight excluding hydrogens is 310 g/mol. The molecule has 2 N–H and O–H groups in total. The summed E-state index contributed by atoms with van der Waals surface area (Å²) in [4.78, 5) is 9.38. The molecule has 2 fully saturated rings. The first-order valence-corrected chi connectivity index (χ1v) is 9.82. The van der Waals surface area contributed by atoms with Gasteiger partial charge in [0.15, 0.2) is 5.96 Å². The van der Waals surface area contributed by atoms with Gasteiger partial charge in [-0.1, -0.05) is 18.2 Å². The van der Waals surface area contributed by atoms with Gasteiger partial charge in [-0.3, -0.25) is 9.89 Å². The highest BCUT2D eigenvalue weighted by atomic mass is 15.3. The first-order chi connectivity index (χ1) is 12.3. The Labute approximate surface area is 152 Å². The third-order valence-electron chi connectivity index (χ3n) is 5.17. The fourth-order valence-corrected chi connectivity index (χ4v) is 3.32. The second-order valence-corrected chi connectivity index (χ2v) is 7.19. The highest BCUT2D eigenvalue weighted by Crippen LogP contribution is 2.27. The lowest BCUT2D eigenvalue weighted by molar-refractivity contribution is 0.253. The topological polar surface area (TPSA) is 42.9 Å². The fraction of sp³-hybridized carbons (Fsp3) is 0.650. The van der Waals surface area contributed by atoms with Crippen molar-refractivity contribution in [1.82, 2.24) is 15.5 Å². The van der Waals surface area contributed by atoms with Gasteiger partial charge in [-0.05, 0) is 50.3 Å². The van der Waals surface area contributed by atoms with Gasteiger partial charge in [-0.25, -0.2) is 0 Å². The van der Waals surface area contributed by atoms with Crippen LogP contribution < -0.4 is 15.5 Å². The van der Waals surface area contributed by atoms with Crippen LogP contribution in [-0.2, 0) is 0 Å². The molecule has 0 radical (unpaired) electrons. The summed E-state index contributed by atoms with van der Waals surface area (Å²) in [6.45, 7) is 7.91. The number of hydrogen-bond acceptors (Lipinski definition) is 3. The minimum atomic E-state index is 0.883. The third kappa shape index (κ3) is 6.24. The maximum atomic E-state index is 4.29. The Morgan fingerprint density at radius 1 is 1.04 bits per heavy atom. The van der Waals surface area contributed by atoms with Crippen molar-refractivity contribution in [3.63, 3.8) is 0 Å². The summed E-state index contributed by atoms with van der Waals surface area (Å²) in [6, 6.07) is 10.8. The predicted octanol–water partition coefficient (Wildman–Crippen LogP) is 2.16. The van der Waals surface area contributed by atoms with Crippen molar-refractivity contribution in [3.8, 4) is 0 Å². The van der Waals surface area contributed by atoms with E-state index in [0.29, 0.717) is 0 Å². The largest absolute Gasteiger partial charge is 0.369 e. The van der Waals surface area contributed by atoms with Crippen molar-refractivity contribution in [2.75, 3.05) is 57.8 Å². The first kappa shape index (κ1) is 18.1. The minimum Gasteiger partial charge on any atom is -0.369 e. The van der Waals surface area contributed by atoms with Gasteiger partial charge in [0.25, 0.3) is 0 Å². The summed E-state index contributed by atoms with van der Waals surface area (Å²) >= 11 is 0. The molecule has 2 aliphatic rings. The van der Waals surface area contributed by atoms with Crippen LogP contribution in [0.1, 0.15) is 25.7 Å². The number of unbranched alkanes of at least 4 members (excludes halogenated alkanes) is 1. The van der Waals surface area contributed by atoms with Gasteiger partial charge in [0.2, 0.25) is 0 Å². The van der Waals surface area contributed by atoms with Crippen LogP contribution in [0, 0.1) is 5.92 Å². The number of benzene rings is 1. The molecule has 0 bridgehead atoms. The van der Waals surface area contributed by atoms with E-state index in [1.54, 1.807) is 0 Å². The van der Waals surface area contributed by atoms with E-state index in [1.165, 1.54) is 51.0 Å². The van der Waals surface area contributed by atoms with Gasteiger partial charge in [0.05, 0.1) is 0 Å². The van der Waals surface area contributed by atoms with Crippen molar-refractivity contribution in [1.29, 1.82) is 0 Å². The van der Waals surface area contributed by atoms with E-state index in [2.05, 4.69) is 55.8 Å². The average Bonchev–Trinajstić information content (AvgIpc) is 3.49. The molecule has 1 aromatic carbocycles. The highest BCUT2D eigenvalue weighted by molar-refractivity contribution is 5.79. The summed E-state index contributed by atoms with van der Waals surface area (Å²) in [5.41, 5.74) is 1.36. The number of nitrogens with one attached hydrogen (secondary N) is 2. The monoisotopic (exact) mass is 343 g/mol. The van der Waals surface area contributed by atoms with Gasteiger partial charge in [-0.2, -0.15) is 0 Å². The molecule has 0 aromatic heterocycles. The molecule has 0 amide bonds. The summed E-state index contributed by atoms with van der Waals surface area (Å²) in [5, 5.41) is 6.85. The quantitative estimate of drug-likeness (QED) is 0.431. The second-order valence-electron chi connectivity index (χ2n) is 7.19. The molecule has 0 unspecified atom stereocenters. The minimum absolute atomic E-state index is 0.883. The molecule has 138 valence electrons. The number of rotatable bonds is 8. The molecule has 3 rings (SSSR count). The molecule has 1 aliphatic carbocycles. The van der Waals surface area contributed by atoms with Crippen LogP contribution in [0.3, 0.4) is 0 Å². The Balaban J connectivity index is 1.24. The zero-order chi connectivity index (χ0) is 17.3. The first-order valence-electron chi connectivity index (χ1n) is 9.82. The SMILES string of the molecule is CN=C(NCCCCN1CCN(c2ccccc2)CC1)NCC1CC1. The molecule has 1 aliphatic heterocycles. The van der Waals surface area contributed by atoms with Crippen LogP contribution in [0.2, 0.25) is 0 Å². The number of hydrogen-bond donors (Lipinski definition) is 2. The van der Waals surface area contributed by atoms with Gasteiger partial charge in [-0.15, -0.1) is 0 Å². The lowest BCUT2D eigenvalue weighted by Crippen LogP contribution is -2.46. The number of para-hydroxylation sites is 1. The van der Waals surface area contributed by atoms with Gasteiger partial charge in [0.1, 0.15) is 0 Å². The van der Waals surface area contributed by atoms with Gasteiger partial charge < -0.3 is 15.5 Å². The zero-order valence-electron chi connectivity index (χ0n) is 15.6. The van der Waals surface area contributed by atoms with E-state index >= 15 is 0 Å². The molecule has 1 saturated heterocycles. The second kappa shape index (κ2) is 9.66. The lowest BCUT2D eigenvalue weighted by atomic mass is 10.2. The van der Waals surface area contributed by atoms with E-state index < -0.39 is 0 Å². The number of guanidine groups is 1. The molecule has 5 nitrogen and oxygen atoms in total. The van der Waals surface area contributed by atoms with Crippen LogP contribution >= 0.6 is 0 Å². The van der Waals surface area contributed by atoms with E-state index in [4.69, 9.17) is 0 Å². The molecule has 1 heterocycles. The van der Waals surface area contributed by atoms with Crippen LogP contribution in [0.15, 0.2) is 35.3 Å². The summed E-state index contributed by atoms with van der Waals surface area (Å²) in [7, 11) is 1.86. The average molecular weight is 344 g/mol. The molecular formula is C20H33N5. The summed E-state index contributed by atoms with van der Waals surface area (Å²) in [6.07, 6.45) is 5.20. The molecule has 0 atom stereocenters. The Kier molecular flexibility index (Phi) is 6.98. The van der Waals surface area contributed by atoms with E-state index in [-0.39, 0.29) is 0 Å². The summed E-state index contributed by atoms with van der Waals surface area (Å²) < 4.78 is 0. The van der Waals surface area contributed by atoms with E-state index in [9.17, 15) is 0 Å². The Hall–Kier alpha value is -1.75. The molecule has 0 spiro atoms. The van der Waals surface area contributed by atoms with Crippen molar-refractivity contribution < 1.29 is 0 Å². The Morgan fingerprint density at radius 2 is 1.80 bits per heavy atom. The zero-order valence-corrected chi connectivity index (χ0v) is 15.6. The maximum absolute atomic E-state index is 4.29. The summed E-state index contributed by atoms with van der Waals surface area (Å²) in [5.74, 6) is 1.84. The van der Waals surface area contributed by atoms with Crippen molar-refractivity contribution in [2.24, 2.45) is 10.9 Å². The number of aliphatic imine (C=N–C) groups is 1. The number of nitrogens with zero attached hydrogens (tertiary/aromatic N) is 3. The number of anilines is 1.